The van der Waals surface area contributed by atoms with E-state index in [1.165, 1.54) is 0 Å². The summed E-state index contributed by atoms with van der Waals surface area (Å²) in [7, 11) is -2.02. The average Bonchev–Trinajstić information content (AvgIpc) is 2.64. The summed E-state index contributed by atoms with van der Waals surface area (Å²) in [5, 5.41) is 13.5. The van der Waals surface area contributed by atoms with Crippen LogP contribution in [0.5, 0.6) is 0 Å². The van der Waals surface area contributed by atoms with E-state index < -0.39 is 15.6 Å². The van der Waals surface area contributed by atoms with Crippen LogP contribution in [0, 0.1) is 25.2 Å². The third-order valence-electron chi connectivity index (χ3n) is 3.96. The number of aryl methyl sites for hydroxylation is 2. The minimum absolute atomic E-state index is 0.195. The molecule has 0 amide bonds. The Balaban J connectivity index is 2.38. The van der Waals surface area contributed by atoms with Crippen molar-refractivity contribution < 1.29 is 8.42 Å². The number of nitrogens with zero attached hydrogens (tertiary/aromatic N) is 3. The largest absolute Gasteiger partial charge is 0.271 e. The van der Waals surface area contributed by atoms with Crippen molar-refractivity contribution in [3.05, 3.63) is 11.4 Å². The predicted octanol–water partition coefficient (Wildman–Crippen LogP) is 1.54. The van der Waals surface area contributed by atoms with Gasteiger partial charge in [0.25, 0.3) is 0 Å². The minimum Gasteiger partial charge on any atom is -0.271 e. The molecular weight excluding hydrogens is 276 g/mol. The van der Waals surface area contributed by atoms with Crippen molar-refractivity contribution in [2.24, 2.45) is 7.05 Å². The van der Waals surface area contributed by atoms with Crippen LogP contribution in [0.2, 0.25) is 0 Å². The molecule has 0 radical (unpaired) electrons. The standard InChI is InChI=1S/C13H20N4O2S/c1-10-12(11(2)17(3)15-10)20(18,19)16-13(9-14)7-5-4-6-8-13/h16H,4-8H2,1-3H3. The highest BCUT2D eigenvalue weighted by Crippen LogP contribution is 2.30. The molecule has 20 heavy (non-hydrogen) atoms. The van der Waals surface area contributed by atoms with Crippen molar-refractivity contribution in [1.29, 1.82) is 5.26 Å². The zero-order valence-electron chi connectivity index (χ0n) is 12.1. The molecule has 0 saturated heterocycles. The normalized spacial score (nSPS) is 18.7. The van der Waals surface area contributed by atoms with E-state index in [0.29, 0.717) is 24.2 Å². The maximum absolute atomic E-state index is 12.6. The zero-order chi connectivity index (χ0) is 15.0. The molecule has 0 bridgehead atoms. The summed E-state index contributed by atoms with van der Waals surface area (Å²) < 4.78 is 29.4. The van der Waals surface area contributed by atoms with Crippen LogP contribution in [0.1, 0.15) is 43.5 Å². The van der Waals surface area contributed by atoms with Crippen LogP contribution in [-0.4, -0.2) is 23.7 Å². The first-order valence-corrected chi connectivity index (χ1v) is 8.25. The first-order chi connectivity index (χ1) is 9.31. The molecule has 1 saturated carbocycles. The molecule has 0 atom stereocenters. The number of hydrogen-bond acceptors (Lipinski definition) is 4. The number of nitrogens with one attached hydrogen (secondary N) is 1. The van der Waals surface area contributed by atoms with Crippen molar-refractivity contribution >= 4 is 10.0 Å². The number of aromatic nitrogens is 2. The fourth-order valence-corrected chi connectivity index (χ4v) is 4.66. The van der Waals surface area contributed by atoms with Crippen molar-refractivity contribution in [3.8, 4) is 6.07 Å². The summed E-state index contributed by atoms with van der Waals surface area (Å²) in [6, 6.07) is 2.17. The molecule has 1 fully saturated rings. The van der Waals surface area contributed by atoms with Gasteiger partial charge in [0, 0.05) is 7.05 Å². The first kappa shape index (κ1) is 15.0. The Kier molecular flexibility index (Phi) is 3.89. The van der Waals surface area contributed by atoms with Crippen molar-refractivity contribution in [2.45, 2.75) is 56.4 Å². The van der Waals surface area contributed by atoms with Crippen LogP contribution >= 0.6 is 0 Å². The topological polar surface area (TPSA) is 87.8 Å². The van der Waals surface area contributed by atoms with E-state index in [2.05, 4.69) is 15.9 Å². The monoisotopic (exact) mass is 296 g/mol. The van der Waals surface area contributed by atoms with Gasteiger partial charge in [-0.3, -0.25) is 4.68 Å². The molecule has 7 heteroatoms. The Morgan fingerprint density at radius 2 is 1.90 bits per heavy atom. The molecule has 2 rings (SSSR count). The highest BCUT2D eigenvalue weighted by molar-refractivity contribution is 7.89. The molecule has 6 nitrogen and oxygen atoms in total. The predicted molar refractivity (Wildman–Crippen MR) is 74.4 cm³/mol. The van der Waals surface area contributed by atoms with Gasteiger partial charge in [-0.15, -0.1) is 0 Å². The molecule has 0 spiro atoms. The number of nitriles is 1. The van der Waals surface area contributed by atoms with E-state index in [-0.39, 0.29) is 4.90 Å². The molecule has 1 aliphatic rings. The van der Waals surface area contributed by atoms with Gasteiger partial charge in [0.15, 0.2) is 0 Å². The van der Waals surface area contributed by atoms with E-state index in [1.54, 1.807) is 25.6 Å². The molecule has 1 N–H and O–H groups in total. The third-order valence-corrected chi connectivity index (χ3v) is 5.75. The lowest BCUT2D eigenvalue weighted by atomic mass is 9.84. The summed E-state index contributed by atoms with van der Waals surface area (Å²) in [6.45, 7) is 3.38. The highest BCUT2D eigenvalue weighted by Gasteiger charge is 2.38. The van der Waals surface area contributed by atoms with E-state index >= 15 is 0 Å². The average molecular weight is 296 g/mol. The molecule has 0 unspecified atom stereocenters. The van der Waals surface area contributed by atoms with E-state index in [1.807, 2.05) is 0 Å². The molecule has 1 aliphatic carbocycles. The van der Waals surface area contributed by atoms with E-state index in [0.717, 1.165) is 19.3 Å². The SMILES string of the molecule is Cc1nn(C)c(C)c1S(=O)(=O)NC1(C#N)CCCCC1. The van der Waals surface area contributed by atoms with Gasteiger partial charge >= 0.3 is 0 Å². The Hall–Kier alpha value is -1.39. The Morgan fingerprint density at radius 3 is 2.35 bits per heavy atom. The van der Waals surface area contributed by atoms with Crippen molar-refractivity contribution in [2.75, 3.05) is 0 Å². The summed E-state index contributed by atoms with van der Waals surface area (Å²) in [5.74, 6) is 0. The van der Waals surface area contributed by atoms with Gasteiger partial charge in [-0.05, 0) is 26.7 Å². The van der Waals surface area contributed by atoms with E-state index in [9.17, 15) is 13.7 Å². The molecular formula is C13H20N4O2S. The fraction of sp³-hybridized carbons (Fsp3) is 0.692. The molecule has 0 aliphatic heterocycles. The molecule has 0 aromatic carbocycles. The second-order valence-electron chi connectivity index (χ2n) is 5.48. The fourth-order valence-electron chi connectivity index (χ4n) is 2.84. The number of hydrogen-bond donors (Lipinski definition) is 1. The quantitative estimate of drug-likeness (QED) is 0.916. The van der Waals surface area contributed by atoms with Crippen LogP contribution in [0.25, 0.3) is 0 Å². The summed E-state index contributed by atoms with van der Waals surface area (Å²) in [5.41, 5.74) is 0.0755. The maximum Gasteiger partial charge on any atom is 0.245 e. The third kappa shape index (κ3) is 2.58. The minimum atomic E-state index is -3.73. The van der Waals surface area contributed by atoms with Gasteiger partial charge in [0.05, 0.1) is 17.5 Å². The van der Waals surface area contributed by atoms with Crippen LogP contribution in [-0.2, 0) is 17.1 Å². The Morgan fingerprint density at radius 1 is 1.30 bits per heavy atom. The van der Waals surface area contributed by atoms with Crippen LogP contribution in [0.15, 0.2) is 4.90 Å². The van der Waals surface area contributed by atoms with Gasteiger partial charge in [-0.2, -0.15) is 15.1 Å². The second kappa shape index (κ2) is 5.19. The van der Waals surface area contributed by atoms with Crippen molar-refractivity contribution in [3.63, 3.8) is 0 Å². The van der Waals surface area contributed by atoms with Crippen LogP contribution in [0.4, 0.5) is 0 Å². The molecule has 1 heterocycles. The first-order valence-electron chi connectivity index (χ1n) is 6.77. The van der Waals surface area contributed by atoms with Gasteiger partial charge < -0.3 is 0 Å². The van der Waals surface area contributed by atoms with E-state index in [4.69, 9.17) is 0 Å². The Bertz CT molecular complexity index is 649. The van der Waals surface area contributed by atoms with Gasteiger partial charge in [-0.1, -0.05) is 19.3 Å². The smallest absolute Gasteiger partial charge is 0.245 e. The van der Waals surface area contributed by atoms with Crippen LogP contribution in [0.3, 0.4) is 0 Å². The summed E-state index contributed by atoms with van der Waals surface area (Å²) in [4.78, 5) is 0.195. The summed E-state index contributed by atoms with van der Waals surface area (Å²) in [6.07, 6.45) is 3.94. The van der Waals surface area contributed by atoms with Gasteiger partial charge in [0.2, 0.25) is 10.0 Å². The lowest BCUT2D eigenvalue weighted by molar-refractivity contribution is 0.338. The zero-order valence-corrected chi connectivity index (χ0v) is 12.9. The number of rotatable bonds is 3. The number of sulfonamides is 1. The lowest BCUT2D eigenvalue weighted by Crippen LogP contribution is -2.48. The second-order valence-corrected chi connectivity index (χ2v) is 7.10. The van der Waals surface area contributed by atoms with Crippen molar-refractivity contribution in [1.82, 2.24) is 14.5 Å². The van der Waals surface area contributed by atoms with Crippen LogP contribution < -0.4 is 4.72 Å². The highest BCUT2D eigenvalue weighted by atomic mass is 32.2. The Labute approximate surface area is 119 Å². The summed E-state index contributed by atoms with van der Waals surface area (Å²) >= 11 is 0. The van der Waals surface area contributed by atoms with Gasteiger partial charge in [0.1, 0.15) is 10.4 Å². The molecule has 1 aromatic rings. The molecule has 1 aromatic heterocycles. The lowest BCUT2D eigenvalue weighted by Gasteiger charge is -2.31. The molecule has 110 valence electrons. The maximum atomic E-state index is 12.6. The van der Waals surface area contributed by atoms with Gasteiger partial charge in [-0.25, -0.2) is 8.42 Å².